The molecule has 0 spiro atoms. The van der Waals surface area contributed by atoms with Gasteiger partial charge in [0.25, 0.3) is 0 Å². The average Bonchev–Trinajstić information content (AvgIpc) is 3.22. The van der Waals surface area contributed by atoms with Crippen LogP contribution in [-0.2, 0) is 16.8 Å². The number of aliphatic hydroxyl groups excluding tert-OH is 1. The molecule has 3 aliphatic heterocycles. The van der Waals surface area contributed by atoms with E-state index in [1.165, 1.54) is 10.9 Å². The van der Waals surface area contributed by atoms with Crippen LogP contribution in [0.15, 0.2) is 24.3 Å². The standard InChI is InChI=1S/C19H25N2O3.C2HF3O2/c1-12(22)18(23)11-21-9-7-14-13-5-3-4-6-15(13)20-16(14)17(21,2)19(18,24)8-10-21;3-2(4,5)1(6)7/h3-6,12,20,22-24H,7-11H2,1-2H3;(H,6,7)/q+1;/p-1/t12-,17+,18-,19-,21?;/m1./s1. The van der Waals surface area contributed by atoms with Crippen molar-refractivity contribution in [2.24, 2.45) is 0 Å². The molecule has 0 aliphatic carbocycles. The Morgan fingerprint density at radius 2 is 1.87 bits per heavy atom. The first-order valence-corrected chi connectivity index (χ1v) is 10.1. The first kappa shape index (κ1) is 22.1. The predicted octanol–water partition coefficient (Wildman–Crippen LogP) is 0.315. The van der Waals surface area contributed by atoms with Crippen molar-refractivity contribution in [3.05, 3.63) is 35.5 Å². The molecule has 1 aromatic carbocycles. The minimum atomic E-state index is -5.19. The first-order valence-electron chi connectivity index (χ1n) is 10.1. The van der Waals surface area contributed by atoms with Gasteiger partial charge in [-0.15, -0.1) is 0 Å². The van der Waals surface area contributed by atoms with E-state index in [4.69, 9.17) is 9.90 Å². The Bertz CT molecular complexity index is 1050. The molecule has 4 heterocycles. The van der Waals surface area contributed by atoms with Gasteiger partial charge in [0.2, 0.25) is 0 Å². The highest BCUT2D eigenvalue weighted by Crippen LogP contribution is 2.64. The number of carboxylic acid groups (broad SMARTS) is 1. The zero-order valence-electron chi connectivity index (χ0n) is 17.2. The number of carbonyl (C=O) groups excluding carboxylic acids is 1. The number of aromatic amines is 1. The fourth-order valence-corrected chi connectivity index (χ4v) is 6.24. The molecule has 2 fully saturated rings. The topological polar surface area (TPSA) is 117 Å². The number of aliphatic carboxylic acids is 1. The number of hydrogen-bond donors (Lipinski definition) is 4. The van der Waals surface area contributed by atoms with Gasteiger partial charge in [-0.05, 0) is 25.5 Å². The lowest BCUT2D eigenvalue weighted by atomic mass is 9.68. The molecule has 0 saturated carbocycles. The smallest absolute Gasteiger partial charge is 0.430 e. The lowest BCUT2D eigenvalue weighted by Crippen LogP contribution is -2.64. The molecule has 31 heavy (non-hydrogen) atoms. The van der Waals surface area contributed by atoms with Crippen molar-refractivity contribution in [1.29, 1.82) is 0 Å². The number of carboxylic acids is 1. The van der Waals surface area contributed by atoms with Crippen molar-refractivity contribution in [2.75, 3.05) is 19.6 Å². The van der Waals surface area contributed by atoms with Crippen LogP contribution < -0.4 is 5.11 Å². The minimum Gasteiger partial charge on any atom is -0.542 e. The third kappa shape index (κ3) is 2.59. The zero-order valence-corrected chi connectivity index (χ0v) is 17.2. The highest BCUT2D eigenvalue weighted by Gasteiger charge is 2.84. The summed E-state index contributed by atoms with van der Waals surface area (Å²) in [6.07, 6.45) is -4.71. The molecule has 0 amide bonds. The summed E-state index contributed by atoms with van der Waals surface area (Å²) in [5, 5.41) is 43.3. The molecule has 4 N–H and O–H groups in total. The second-order valence-electron chi connectivity index (χ2n) is 9.09. The highest BCUT2D eigenvalue weighted by atomic mass is 19.4. The van der Waals surface area contributed by atoms with E-state index in [0.29, 0.717) is 17.4 Å². The number of hydrogen-bond acceptors (Lipinski definition) is 5. The zero-order chi connectivity index (χ0) is 23.0. The number of halogens is 3. The summed E-state index contributed by atoms with van der Waals surface area (Å²) in [4.78, 5) is 12.3. The summed E-state index contributed by atoms with van der Waals surface area (Å²) in [5.41, 5.74) is -0.0296. The number of aromatic nitrogens is 1. The fraction of sp³-hybridized carbons (Fsp3) is 0.571. The number of para-hydroxylation sites is 1. The lowest BCUT2D eigenvalue weighted by molar-refractivity contribution is -0.966. The number of fused-ring (bicyclic) bond motifs is 3. The summed E-state index contributed by atoms with van der Waals surface area (Å²) >= 11 is 0. The molecule has 2 saturated heterocycles. The Balaban J connectivity index is 0.000000289. The third-order valence-electron chi connectivity index (χ3n) is 7.93. The minimum absolute atomic E-state index is 0.409. The molecular formula is C21H25F3N2O5. The van der Waals surface area contributed by atoms with Gasteiger partial charge in [0, 0.05) is 23.7 Å². The van der Waals surface area contributed by atoms with Crippen molar-refractivity contribution in [3.63, 3.8) is 0 Å². The van der Waals surface area contributed by atoms with Gasteiger partial charge in [0.15, 0.2) is 16.7 Å². The van der Waals surface area contributed by atoms with Crippen molar-refractivity contribution in [2.45, 2.75) is 55.7 Å². The van der Waals surface area contributed by atoms with E-state index in [2.05, 4.69) is 24.0 Å². The Kier molecular flexibility index (Phi) is 4.59. The van der Waals surface area contributed by atoms with Crippen LogP contribution in [0.5, 0.6) is 0 Å². The number of benzene rings is 1. The number of nitrogens with one attached hydrogen (secondary N) is 1. The summed E-state index contributed by atoms with van der Waals surface area (Å²) in [5.74, 6) is -3.01. The monoisotopic (exact) mass is 442 g/mol. The van der Waals surface area contributed by atoms with Gasteiger partial charge in [0.05, 0.1) is 24.9 Å². The molecule has 3 aliphatic rings. The van der Waals surface area contributed by atoms with Crippen molar-refractivity contribution in [1.82, 2.24) is 4.98 Å². The number of nitrogens with zero attached hydrogens (tertiary/aromatic N) is 1. The van der Waals surface area contributed by atoms with Crippen molar-refractivity contribution >= 4 is 16.9 Å². The number of rotatable bonds is 1. The van der Waals surface area contributed by atoms with Crippen LogP contribution >= 0.6 is 0 Å². The number of aliphatic hydroxyl groups is 3. The first-order chi connectivity index (χ1) is 14.2. The van der Waals surface area contributed by atoms with Crippen LogP contribution in [0.4, 0.5) is 13.2 Å². The number of quaternary nitrogens is 1. The van der Waals surface area contributed by atoms with Gasteiger partial charge in [0.1, 0.15) is 12.5 Å². The Labute approximate surface area is 176 Å². The normalized spacial score (nSPS) is 37.0. The maximum atomic E-state index is 11.7. The maximum absolute atomic E-state index is 11.7. The quantitative estimate of drug-likeness (QED) is 0.475. The van der Waals surface area contributed by atoms with E-state index in [-0.39, 0.29) is 0 Å². The van der Waals surface area contributed by atoms with Gasteiger partial charge in [-0.3, -0.25) is 0 Å². The second kappa shape index (κ2) is 6.44. The predicted molar refractivity (Wildman–Crippen MR) is 101 cm³/mol. The molecule has 2 aromatic rings. The molecule has 7 nitrogen and oxygen atoms in total. The van der Waals surface area contributed by atoms with Crippen LogP contribution in [-0.4, -0.2) is 73.9 Å². The summed E-state index contributed by atoms with van der Waals surface area (Å²) in [7, 11) is 0. The summed E-state index contributed by atoms with van der Waals surface area (Å²) in [6.45, 7) is 5.82. The maximum Gasteiger partial charge on any atom is 0.430 e. The average molecular weight is 442 g/mol. The number of carbonyl (C=O) groups is 1. The highest BCUT2D eigenvalue weighted by molar-refractivity contribution is 5.85. The molecule has 1 unspecified atom stereocenters. The van der Waals surface area contributed by atoms with Crippen LogP contribution in [0.1, 0.15) is 31.5 Å². The number of alkyl halides is 3. The summed E-state index contributed by atoms with van der Waals surface area (Å²) < 4.78 is 32.2. The van der Waals surface area contributed by atoms with Crippen LogP contribution in [0.2, 0.25) is 0 Å². The molecule has 0 radical (unpaired) electrons. The number of H-pyrrole nitrogens is 1. The largest absolute Gasteiger partial charge is 0.542 e. The van der Waals surface area contributed by atoms with Crippen LogP contribution in [0.3, 0.4) is 0 Å². The van der Waals surface area contributed by atoms with Gasteiger partial charge < -0.3 is 34.7 Å². The van der Waals surface area contributed by atoms with E-state index >= 15 is 0 Å². The molecule has 170 valence electrons. The van der Waals surface area contributed by atoms with Crippen LogP contribution in [0.25, 0.3) is 10.9 Å². The Morgan fingerprint density at radius 3 is 2.45 bits per heavy atom. The summed E-state index contributed by atoms with van der Waals surface area (Å²) in [6, 6.07) is 8.25. The van der Waals surface area contributed by atoms with E-state index in [9.17, 15) is 28.5 Å². The van der Waals surface area contributed by atoms with Crippen LogP contribution in [0, 0.1) is 0 Å². The SMILES string of the molecule is C[C@@H](O)[C@]1(O)C[N+]23CCc4c([nH]c5ccccc45)[C@@]2(C)[C@]1(O)CC3.O=C([O-])C(F)(F)F. The van der Waals surface area contributed by atoms with Gasteiger partial charge in [-0.2, -0.15) is 13.2 Å². The molecule has 1 aromatic heterocycles. The van der Waals surface area contributed by atoms with E-state index in [0.717, 1.165) is 30.7 Å². The molecular weight excluding hydrogens is 417 g/mol. The third-order valence-corrected chi connectivity index (χ3v) is 7.93. The molecule has 5 rings (SSSR count). The van der Waals surface area contributed by atoms with Gasteiger partial charge in [-0.25, -0.2) is 0 Å². The van der Waals surface area contributed by atoms with E-state index in [1.807, 2.05) is 12.1 Å². The van der Waals surface area contributed by atoms with E-state index < -0.39 is 35.0 Å². The van der Waals surface area contributed by atoms with Crippen molar-refractivity contribution in [3.8, 4) is 0 Å². The Hall–Kier alpha value is -2.14. The van der Waals surface area contributed by atoms with Crippen molar-refractivity contribution < 1.29 is 42.9 Å². The molecule has 10 heteroatoms. The van der Waals surface area contributed by atoms with E-state index in [1.54, 1.807) is 6.92 Å². The molecule has 2 bridgehead atoms. The lowest BCUT2D eigenvalue weighted by Gasteiger charge is -2.47. The fourth-order valence-electron chi connectivity index (χ4n) is 6.24. The Morgan fingerprint density at radius 1 is 1.26 bits per heavy atom. The van der Waals surface area contributed by atoms with Gasteiger partial charge in [-0.1, -0.05) is 18.2 Å². The second-order valence-corrected chi connectivity index (χ2v) is 9.09. The van der Waals surface area contributed by atoms with Gasteiger partial charge >= 0.3 is 6.18 Å². The number of piperidine rings is 1. The molecule has 5 atom stereocenters.